The molecule has 3 rings (SSSR count). The van der Waals surface area contributed by atoms with Gasteiger partial charge in [0.05, 0.1) is 36.6 Å². The van der Waals surface area contributed by atoms with Crippen molar-refractivity contribution in [3.63, 3.8) is 0 Å². The second-order valence-electron chi connectivity index (χ2n) is 5.72. The first kappa shape index (κ1) is 17.9. The zero-order valence-electron chi connectivity index (χ0n) is 14.6. The molecule has 0 radical (unpaired) electrons. The first-order valence-corrected chi connectivity index (χ1v) is 8.55. The summed E-state index contributed by atoms with van der Waals surface area (Å²) >= 11 is 0. The van der Waals surface area contributed by atoms with Gasteiger partial charge in [-0.25, -0.2) is 9.78 Å². The number of esters is 1. The van der Waals surface area contributed by atoms with Crippen LogP contribution in [0.15, 0.2) is 42.6 Å². The Morgan fingerprint density at radius 2 is 1.96 bits per heavy atom. The molecule has 0 bridgehead atoms. The summed E-state index contributed by atoms with van der Waals surface area (Å²) in [6, 6.07) is 10.3. The maximum absolute atomic E-state index is 12.5. The van der Waals surface area contributed by atoms with E-state index < -0.39 is 5.97 Å². The van der Waals surface area contributed by atoms with Gasteiger partial charge in [0.25, 0.3) is 5.91 Å². The van der Waals surface area contributed by atoms with Crippen LogP contribution in [-0.2, 0) is 9.47 Å². The zero-order valence-corrected chi connectivity index (χ0v) is 14.6. The van der Waals surface area contributed by atoms with E-state index in [0.29, 0.717) is 30.0 Å². The highest BCUT2D eigenvalue weighted by molar-refractivity contribution is 6.07. The minimum absolute atomic E-state index is 0.272. The normalized spacial score (nSPS) is 14.0. The third-order valence-electron chi connectivity index (χ3n) is 4.02. The molecule has 136 valence electrons. The summed E-state index contributed by atoms with van der Waals surface area (Å²) in [6.07, 6.45) is 1.53. The number of morpholine rings is 1. The number of rotatable bonds is 5. The fraction of sp³-hybridized carbons (Fsp3) is 0.316. The fourth-order valence-electron chi connectivity index (χ4n) is 2.67. The van der Waals surface area contributed by atoms with Gasteiger partial charge in [0.15, 0.2) is 0 Å². The summed E-state index contributed by atoms with van der Waals surface area (Å²) in [4.78, 5) is 31.0. The van der Waals surface area contributed by atoms with Crippen molar-refractivity contribution in [1.82, 2.24) is 4.98 Å². The van der Waals surface area contributed by atoms with Crippen molar-refractivity contribution < 1.29 is 19.1 Å². The van der Waals surface area contributed by atoms with Gasteiger partial charge in [-0.3, -0.25) is 4.79 Å². The Hall–Kier alpha value is -2.93. The molecular formula is C19H21N3O4. The van der Waals surface area contributed by atoms with E-state index in [-0.39, 0.29) is 12.5 Å². The van der Waals surface area contributed by atoms with E-state index >= 15 is 0 Å². The summed E-state index contributed by atoms with van der Waals surface area (Å²) in [5.41, 5.74) is 1.15. The van der Waals surface area contributed by atoms with E-state index in [1.165, 1.54) is 6.20 Å². The largest absolute Gasteiger partial charge is 0.462 e. The number of benzene rings is 1. The summed E-state index contributed by atoms with van der Waals surface area (Å²) < 4.78 is 10.3. The number of nitrogens with one attached hydrogen (secondary N) is 1. The third-order valence-corrected chi connectivity index (χ3v) is 4.02. The van der Waals surface area contributed by atoms with Gasteiger partial charge in [0.1, 0.15) is 5.82 Å². The smallest absolute Gasteiger partial charge is 0.340 e. The molecule has 1 N–H and O–H groups in total. The van der Waals surface area contributed by atoms with Crippen LogP contribution in [-0.4, -0.2) is 49.8 Å². The van der Waals surface area contributed by atoms with Crippen molar-refractivity contribution >= 4 is 23.4 Å². The van der Waals surface area contributed by atoms with Gasteiger partial charge < -0.3 is 19.7 Å². The summed E-state index contributed by atoms with van der Waals surface area (Å²) in [5.74, 6) is 0.0174. The lowest BCUT2D eigenvalue weighted by atomic mass is 10.1. The van der Waals surface area contributed by atoms with Gasteiger partial charge in [0.2, 0.25) is 0 Å². The number of hydrogen-bond acceptors (Lipinski definition) is 6. The Balaban J connectivity index is 1.71. The van der Waals surface area contributed by atoms with Crippen LogP contribution in [0.5, 0.6) is 0 Å². The van der Waals surface area contributed by atoms with Crippen molar-refractivity contribution in [3.05, 3.63) is 53.7 Å². The zero-order chi connectivity index (χ0) is 18.4. The van der Waals surface area contributed by atoms with Gasteiger partial charge in [0, 0.05) is 19.3 Å². The Kier molecular flexibility index (Phi) is 5.80. The number of pyridine rings is 1. The molecule has 1 aliphatic rings. The number of carbonyl (C=O) groups excluding carboxylic acids is 2. The topological polar surface area (TPSA) is 80.8 Å². The van der Waals surface area contributed by atoms with Gasteiger partial charge in [-0.05, 0) is 31.2 Å². The molecule has 0 unspecified atom stereocenters. The van der Waals surface area contributed by atoms with Crippen LogP contribution in [0.2, 0.25) is 0 Å². The van der Waals surface area contributed by atoms with E-state index in [1.54, 1.807) is 37.3 Å². The number of anilines is 2. The summed E-state index contributed by atoms with van der Waals surface area (Å²) in [7, 11) is 0. The molecule has 26 heavy (non-hydrogen) atoms. The molecule has 0 aliphatic carbocycles. The van der Waals surface area contributed by atoms with Gasteiger partial charge in [-0.1, -0.05) is 12.1 Å². The summed E-state index contributed by atoms with van der Waals surface area (Å²) in [5, 5.41) is 2.75. The lowest BCUT2D eigenvalue weighted by molar-refractivity contribution is 0.0527. The lowest BCUT2D eigenvalue weighted by Crippen LogP contribution is -2.36. The van der Waals surface area contributed by atoms with Crippen molar-refractivity contribution in [2.24, 2.45) is 0 Å². The maximum atomic E-state index is 12.5. The molecule has 7 heteroatoms. The number of ether oxygens (including phenoxy) is 2. The molecule has 1 aromatic carbocycles. The van der Waals surface area contributed by atoms with Crippen molar-refractivity contribution in [1.29, 1.82) is 0 Å². The Bertz CT molecular complexity index is 771. The molecule has 1 aromatic heterocycles. The highest BCUT2D eigenvalue weighted by Gasteiger charge is 2.16. The minimum atomic E-state index is -0.468. The van der Waals surface area contributed by atoms with Crippen LogP contribution in [0.25, 0.3) is 0 Å². The van der Waals surface area contributed by atoms with Crippen LogP contribution in [0.4, 0.5) is 11.5 Å². The van der Waals surface area contributed by atoms with E-state index in [4.69, 9.17) is 9.47 Å². The lowest BCUT2D eigenvalue weighted by Gasteiger charge is -2.27. The minimum Gasteiger partial charge on any atom is -0.462 e. The van der Waals surface area contributed by atoms with Crippen molar-refractivity contribution in [2.45, 2.75) is 6.92 Å². The number of para-hydroxylation sites is 1. The number of aromatic nitrogens is 1. The van der Waals surface area contributed by atoms with Crippen LogP contribution in [0.1, 0.15) is 27.6 Å². The standard InChI is InChI=1S/C19H21N3O4/c1-2-26-19(24)15-5-3-4-6-16(15)21-18(23)14-7-8-17(20-13-14)22-9-11-25-12-10-22/h3-8,13H,2,9-12H2,1H3,(H,21,23). The molecular weight excluding hydrogens is 334 g/mol. The maximum Gasteiger partial charge on any atom is 0.340 e. The number of hydrogen-bond donors (Lipinski definition) is 1. The fourth-order valence-corrected chi connectivity index (χ4v) is 2.67. The number of carbonyl (C=O) groups is 2. The molecule has 1 saturated heterocycles. The van der Waals surface area contributed by atoms with E-state index in [9.17, 15) is 9.59 Å². The predicted molar refractivity (Wildman–Crippen MR) is 97.6 cm³/mol. The quantitative estimate of drug-likeness (QED) is 0.829. The van der Waals surface area contributed by atoms with Crippen molar-refractivity contribution in [2.75, 3.05) is 43.1 Å². The van der Waals surface area contributed by atoms with Gasteiger partial charge >= 0.3 is 5.97 Å². The molecule has 0 spiro atoms. The Morgan fingerprint density at radius 1 is 1.19 bits per heavy atom. The molecule has 0 atom stereocenters. The number of amides is 1. The van der Waals surface area contributed by atoms with Crippen LogP contribution >= 0.6 is 0 Å². The van der Waals surface area contributed by atoms with Crippen LogP contribution in [0, 0.1) is 0 Å². The molecule has 2 heterocycles. The molecule has 2 aromatic rings. The van der Waals surface area contributed by atoms with E-state index in [2.05, 4.69) is 15.2 Å². The van der Waals surface area contributed by atoms with Crippen LogP contribution in [0.3, 0.4) is 0 Å². The van der Waals surface area contributed by atoms with Gasteiger partial charge in [-0.2, -0.15) is 0 Å². The van der Waals surface area contributed by atoms with Crippen molar-refractivity contribution in [3.8, 4) is 0 Å². The van der Waals surface area contributed by atoms with Gasteiger partial charge in [-0.15, -0.1) is 0 Å². The first-order valence-electron chi connectivity index (χ1n) is 8.55. The highest BCUT2D eigenvalue weighted by atomic mass is 16.5. The average Bonchev–Trinajstić information content (AvgIpc) is 2.69. The highest BCUT2D eigenvalue weighted by Crippen LogP contribution is 2.18. The molecule has 0 saturated carbocycles. The van der Waals surface area contributed by atoms with E-state index in [0.717, 1.165) is 18.9 Å². The number of nitrogens with zero attached hydrogens (tertiary/aromatic N) is 2. The first-order chi connectivity index (χ1) is 12.7. The second kappa shape index (κ2) is 8.44. The molecule has 7 nitrogen and oxygen atoms in total. The SMILES string of the molecule is CCOC(=O)c1ccccc1NC(=O)c1ccc(N2CCOCC2)nc1. The second-order valence-corrected chi connectivity index (χ2v) is 5.72. The predicted octanol–water partition coefficient (Wildman–Crippen LogP) is 2.35. The van der Waals surface area contributed by atoms with E-state index in [1.807, 2.05) is 6.07 Å². The Labute approximate surface area is 151 Å². The average molecular weight is 355 g/mol. The summed E-state index contributed by atoms with van der Waals surface area (Å²) in [6.45, 7) is 4.93. The molecule has 1 amide bonds. The van der Waals surface area contributed by atoms with Crippen LogP contribution < -0.4 is 10.2 Å². The monoisotopic (exact) mass is 355 g/mol. The third kappa shape index (κ3) is 4.18. The molecule has 1 aliphatic heterocycles. The Morgan fingerprint density at radius 3 is 2.65 bits per heavy atom. The molecule has 1 fully saturated rings.